The van der Waals surface area contributed by atoms with Gasteiger partial charge in [-0.05, 0) is 59.7 Å². The molecule has 0 amide bonds. The predicted octanol–water partition coefficient (Wildman–Crippen LogP) is 4.45. The Morgan fingerprint density at radius 3 is 1.90 bits per heavy atom. The second-order valence-electron chi connectivity index (χ2n) is 5.05. The minimum absolute atomic E-state index is 0.182. The molecule has 0 fully saturated rings. The zero-order valence-electron chi connectivity index (χ0n) is 12.4. The van der Waals surface area contributed by atoms with Crippen molar-refractivity contribution in [1.82, 2.24) is 0 Å². The van der Waals surface area contributed by atoms with Crippen molar-refractivity contribution in [2.75, 3.05) is 0 Å². The van der Waals surface area contributed by atoms with Gasteiger partial charge in [0.2, 0.25) is 0 Å². The highest BCUT2D eigenvalue weighted by Gasteiger charge is 2.14. The minimum atomic E-state index is 0.182. The SMILES string of the molecule is CCc1cc(CC)c(-c2cc(O)ccc2O)c(CC)c1. The first-order valence-electron chi connectivity index (χ1n) is 7.27. The van der Waals surface area contributed by atoms with E-state index in [1.165, 1.54) is 22.8 Å². The summed E-state index contributed by atoms with van der Waals surface area (Å²) in [4.78, 5) is 0. The van der Waals surface area contributed by atoms with E-state index < -0.39 is 0 Å². The second-order valence-corrected chi connectivity index (χ2v) is 5.05. The monoisotopic (exact) mass is 270 g/mol. The lowest BCUT2D eigenvalue weighted by Crippen LogP contribution is -1.98. The Morgan fingerprint density at radius 1 is 0.800 bits per heavy atom. The van der Waals surface area contributed by atoms with Gasteiger partial charge >= 0.3 is 0 Å². The van der Waals surface area contributed by atoms with Gasteiger partial charge in [0.15, 0.2) is 0 Å². The number of hydrogen-bond donors (Lipinski definition) is 2. The first-order chi connectivity index (χ1) is 9.60. The highest BCUT2D eigenvalue weighted by atomic mass is 16.3. The van der Waals surface area contributed by atoms with Crippen LogP contribution in [-0.4, -0.2) is 10.2 Å². The van der Waals surface area contributed by atoms with Gasteiger partial charge in [0.1, 0.15) is 11.5 Å². The zero-order chi connectivity index (χ0) is 14.7. The van der Waals surface area contributed by atoms with E-state index in [0.29, 0.717) is 0 Å². The van der Waals surface area contributed by atoms with Gasteiger partial charge in [0.25, 0.3) is 0 Å². The van der Waals surface area contributed by atoms with Gasteiger partial charge in [0, 0.05) is 5.56 Å². The lowest BCUT2D eigenvalue weighted by Gasteiger charge is -2.17. The van der Waals surface area contributed by atoms with E-state index in [1.807, 2.05) is 0 Å². The van der Waals surface area contributed by atoms with Crippen LogP contribution < -0.4 is 0 Å². The summed E-state index contributed by atoms with van der Waals surface area (Å²) in [6, 6.07) is 9.12. The van der Waals surface area contributed by atoms with Crippen LogP contribution in [0.4, 0.5) is 0 Å². The Labute approximate surface area is 120 Å². The number of phenolic OH excluding ortho intramolecular Hbond substituents is 2. The molecule has 0 bridgehead atoms. The summed E-state index contributed by atoms with van der Waals surface area (Å²) in [6.07, 6.45) is 2.82. The van der Waals surface area contributed by atoms with Gasteiger partial charge < -0.3 is 10.2 Å². The third-order valence-corrected chi connectivity index (χ3v) is 3.78. The summed E-state index contributed by atoms with van der Waals surface area (Å²) >= 11 is 0. The van der Waals surface area contributed by atoms with Gasteiger partial charge in [-0.25, -0.2) is 0 Å². The summed E-state index contributed by atoms with van der Waals surface area (Å²) < 4.78 is 0. The summed E-state index contributed by atoms with van der Waals surface area (Å²) in [7, 11) is 0. The number of aryl methyl sites for hydroxylation is 3. The first kappa shape index (κ1) is 14.4. The molecule has 20 heavy (non-hydrogen) atoms. The van der Waals surface area contributed by atoms with Crippen LogP contribution in [0.2, 0.25) is 0 Å². The van der Waals surface area contributed by atoms with Crippen LogP contribution in [-0.2, 0) is 19.3 Å². The summed E-state index contributed by atoms with van der Waals surface area (Å²) in [5.41, 5.74) is 5.56. The van der Waals surface area contributed by atoms with Crippen LogP contribution in [0.25, 0.3) is 11.1 Å². The number of rotatable bonds is 4. The number of benzene rings is 2. The van der Waals surface area contributed by atoms with Crippen LogP contribution in [0.5, 0.6) is 11.5 Å². The van der Waals surface area contributed by atoms with Crippen molar-refractivity contribution in [1.29, 1.82) is 0 Å². The van der Waals surface area contributed by atoms with Crippen molar-refractivity contribution in [3.8, 4) is 22.6 Å². The van der Waals surface area contributed by atoms with Crippen molar-refractivity contribution in [3.63, 3.8) is 0 Å². The lowest BCUT2D eigenvalue weighted by molar-refractivity contribution is 0.462. The smallest absolute Gasteiger partial charge is 0.123 e. The van der Waals surface area contributed by atoms with Crippen molar-refractivity contribution in [2.24, 2.45) is 0 Å². The van der Waals surface area contributed by atoms with Gasteiger partial charge in [-0.2, -0.15) is 0 Å². The average molecular weight is 270 g/mol. The average Bonchev–Trinajstić information content (AvgIpc) is 2.48. The van der Waals surface area contributed by atoms with Gasteiger partial charge in [-0.15, -0.1) is 0 Å². The molecule has 0 atom stereocenters. The lowest BCUT2D eigenvalue weighted by atomic mass is 9.89. The molecule has 2 rings (SSSR count). The quantitative estimate of drug-likeness (QED) is 0.806. The highest BCUT2D eigenvalue weighted by Crippen LogP contribution is 2.37. The fraction of sp³-hybridized carbons (Fsp3) is 0.333. The molecule has 0 heterocycles. The summed E-state index contributed by atoms with van der Waals surface area (Å²) in [5, 5.41) is 19.9. The Balaban J connectivity index is 2.74. The standard InChI is InChI=1S/C18H22O2/c1-4-12-9-13(5-2)18(14(6-3)10-12)16-11-15(19)7-8-17(16)20/h7-11,19-20H,4-6H2,1-3H3. The topological polar surface area (TPSA) is 40.5 Å². The Hall–Kier alpha value is -1.96. The molecule has 2 nitrogen and oxygen atoms in total. The maximum Gasteiger partial charge on any atom is 0.123 e. The molecule has 0 saturated heterocycles. The van der Waals surface area contributed by atoms with Crippen molar-refractivity contribution in [3.05, 3.63) is 47.0 Å². The molecule has 2 N–H and O–H groups in total. The molecular formula is C18H22O2. The normalized spacial score (nSPS) is 10.8. The highest BCUT2D eigenvalue weighted by molar-refractivity contribution is 5.77. The molecule has 0 spiro atoms. The van der Waals surface area contributed by atoms with Crippen molar-refractivity contribution < 1.29 is 10.2 Å². The van der Waals surface area contributed by atoms with Crippen LogP contribution in [0.15, 0.2) is 30.3 Å². The fourth-order valence-electron chi connectivity index (χ4n) is 2.67. The van der Waals surface area contributed by atoms with E-state index in [-0.39, 0.29) is 11.5 Å². The van der Waals surface area contributed by atoms with E-state index in [1.54, 1.807) is 12.1 Å². The number of aromatic hydroxyl groups is 2. The third kappa shape index (κ3) is 2.64. The number of phenols is 2. The molecule has 0 saturated carbocycles. The van der Waals surface area contributed by atoms with E-state index >= 15 is 0 Å². The van der Waals surface area contributed by atoms with Gasteiger partial charge in [0.05, 0.1) is 0 Å². The maximum atomic E-state index is 10.1. The Morgan fingerprint density at radius 2 is 1.40 bits per heavy atom. The van der Waals surface area contributed by atoms with Crippen LogP contribution in [0.1, 0.15) is 37.5 Å². The maximum absolute atomic E-state index is 10.1. The van der Waals surface area contributed by atoms with E-state index in [0.717, 1.165) is 30.4 Å². The molecule has 2 aromatic rings. The van der Waals surface area contributed by atoms with Crippen LogP contribution in [0.3, 0.4) is 0 Å². The molecule has 0 aliphatic carbocycles. The van der Waals surface area contributed by atoms with E-state index in [4.69, 9.17) is 0 Å². The predicted molar refractivity (Wildman–Crippen MR) is 83.3 cm³/mol. The molecule has 0 unspecified atom stereocenters. The van der Waals surface area contributed by atoms with Gasteiger partial charge in [-0.3, -0.25) is 0 Å². The Kier molecular flexibility index (Phi) is 4.33. The number of hydrogen-bond acceptors (Lipinski definition) is 2. The summed E-state index contributed by atoms with van der Waals surface area (Å²) in [5.74, 6) is 0.401. The minimum Gasteiger partial charge on any atom is -0.508 e. The second kappa shape index (κ2) is 6.00. The fourth-order valence-corrected chi connectivity index (χ4v) is 2.67. The van der Waals surface area contributed by atoms with Crippen LogP contribution >= 0.6 is 0 Å². The molecule has 0 aliphatic heterocycles. The molecule has 2 aromatic carbocycles. The van der Waals surface area contributed by atoms with E-state index in [9.17, 15) is 10.2 Å². The molecule has 0 aliphatic rings. The van der Waals surface area contributed by atoms with Crippen LogP contribution in [0, 0.1) is 0 Å². The first-order valence-corrected chi connectivity index (χ1v) is 7.27. The van der Waals surface area contributed by atoms with Gasteiger partial charge in [-0.1, -0.05) is 32.9 Å². The van der Waals surface area contributed by atoms with Crippen molar-refractivity contribution >= 4 is 0 Å². The Bertz CT molecular complexity index is 590. The zero-order valence-corrected chi connectivity index (χ0v) is 12.4. The molecule has 2 heteroatoms. The third-order valence-electron chi connectivity index (χ3n) is 3.78. The molecule has 106 valence electrons. The van der Waals surface area contributed by atoms with Crippen molar-refractivity contribution in [2.45, 2.75) is 40.0 Å². The largest absolute Gasteiger partial charge is 0.508 e. The molecular weight excluding hydrogens is 248 g/mol. The molecule has 0 radical (unpaired) electrons. The van der Waals surface area contributed by atoms with E-state index in [2.05, 4.69) is 32.9 Å². The summed E-state index contributed by atoms with van der Waals surface area (Å²) in [6.45, 7) is 6.40. The molecule has 0 aromatic heterocycles.